The van der Waals surface area contributed by atoms with E-state index >= 15 is 0 Å². The van der Waals surface area contributed by atoms with Gasteiger partial charge in [0, 0.05) is 25.7 Å². The van der Waals surface area contributed by atoms with E-state index in [0.29, 0.717) is 18.3 Å². The Morgan fingerprint density at radius 1 is 1.42 bits per heavy atom. The van der Waals surface area contributed by atoms with Gasteiger partial charge in [-0.15, -0.1) is 0 Å². The molecule has 1 fully saturated rings. The zero-order valence-corrected chi connectivity index (χ0v) is 11.0. The number of phenols is 1. The van der Waals surface area contributed by atoms with Crippen molar-refractivity contribution in [3.63, 3.8) is 0 Å². The lowest BCUT2D eigenvalue weighted by molar-refractivity contribution is -0.119. The first-order valence-corrected chi connectivity index (χ1v) is 6.65. The first kappa shape index (κ1) is 13.8. The molecule has 1 aromatic rings. The maximum atomic E-state index is 10.8. The molecule has 1 aliphatic heterocycles. The minimum atomic E-state index is -0.258. The summed E-state index contributed by atoms with van der Waals surface area (Å²) in [7, 11) is 0. The number of aromatic hydroxyl groups is 1. The summed E-state index contributed by atoms with van der Waals surface area (Å²) in [6, 6.07) is 7.75. The average molecular weight is 263 g/mol. The van der Waals surface area contributed by atoms with Crippen LogP contribution in [0.4, 0.5) is 0 Å². The van der Waals surface area contributed by atoms with Gasteiger partial charge in [0.2, 0.25) is 5.91 Å². The molecule has 1 heterocycles. The van der Waals surface area contributed by atoms with E-state index in [1.807, 2.05) is 12.1 Å². The third-order valence-corrected chi connectivity index (χ3v) is 3.47. The predicted molar refractivity (Wildman–Crippen MR) is 73.6 cm³/mol. The highest BCUT2D eigenvalue weighted by atomic mass is 16.3. The zero-order valence-electron chi connectivity index (χ0n) is 11.0. The molecule has 0 aliphatic carbocycles. The summed E-state index contributed by atoms with van der Waals surface area (Å²) in [6.07, 6.45) is 2.04. The molecule has 5 nitrogen and oxygen atoms in total. The SMILES string of the molecule is NC(=O)CN1CCC(NCc2cccc(O)c2)CC1. The van der Waals surface area contributed by atoms with Gasteiger partial charge in [-0.25, -0.2) is 0 Å². The van der Waals surface area contributed by atoms with Crippen LogP contribution in [0.2, 0.25) is 0 Å². The van der Waals surface area contributed by atoms with E-state index in [1.165, 1.54) is 0 Å². The van der Waals surface area contributed by atoms with E-state index in [1.54, 1.807) is 12.1 Å². The Hall–Kier alpha value is -1.59. The van der Waals surface area contributed by atoms with Gasteiger partial charge < -0.3 is 16.2 Å². The second-order valence-corrected chi connectivity index (χ2v) is 5.07. The number of nitrogens with one attached hydrogen (secondary N) is 1. The number of piperidine rings is 1. The summed E-state index contributed by atoms with van der Waals surface area (Å²) in [6.45, 7) is 2.93. The van der Waals surface area contributed by atoms with Gasteiger partial charge in [0.1, 0.15) is 5.75 Å². The van der Waals surface area contributed by atoms with Gasteiger partial charge in [-0.05, 0) is 30.5 Å². The molecule has 1 amide bonds. The summed E-state index contributed by atoms with van der Waals surface area (Å²) in [5.41, 5.74) is 6.27. The third kappa shape index (κ3) is 4.54. The standard InChI is InChI=1S/C14H21N3O2/c15-14(19)10-17-6-4-12(5-7-17)16-9-11-2-1-3-13(18)8-11/h1-3,8,12,16,18H,4-7,9-10H2,(H2,15,19). The number of phenolic OH excluding ortho intramolecular Hbond substituents is 1. The molecule has 104 valence electrons. The molecule has 2 rings (SSSR count). The topological polar surface area (TPSA) is 78.6 Å². The fraction of sp³-hybridized carbons (Fsp3) is 0.500. The van der Waals surface area contributed by atoms with Crippen LogP contribution in [0.1, 0.15) is 18.4 Å². The molecule has 1 aromatic carbocycles. The molecule has 0 radical (unpaired) electrons. The minimum Gasteiger partial charge on any atom is -0.508 e. The number of likely N-dealkylation sites (tertiary alicyclic amines) is 1. The summed E-state index contributed by atoms with van der Waals surface area (Å²) < 4.78 is 0. The summed E-state index contributed by atoms with van der Waals surface area (Å²) >= 11 is 0. The van der Waals surface area contributed by atoms with Crippen LogP contribution in [0.15, 0.2) is 24.3 Å². The minimum absolute atomic E-state index is 0.258. The van der Waals surface area contributed by atoms with Crippen LogP contribution in [0, 0.1) is 0 Å². The Morgan fingerprint density at radius 3 is 2.79 bits per heavy atom. The van der Waals surface area contributed by atoms with Crippen molar-refractivity contribution >= 4 is 5.91 Å². The highest BCUT2D eigenvalue weighted by Crippen LogP contribution is 2.13. The predicted octanol–water partition coefficient (Wildman–Crippen LogP) is 0.432. The fourth-order valence-corrected chi connectivity index (χ4v) is 2.44. The summed E-state index contributed by atoms with van der Waals surface area (Å²) in [5, 5.41) is 12.9. The maximum Gasteiger partial charge on any atom is 0.231 e. The van der Waals surface area contributed by atoms with Crippen LogP contribution in [0.3, 0.4) is 0 Å². The third-order valence-electron chi connectivity index (χ3n) is 3.47. The molecule has 0 aromatic heterocycles. The van der Waals surface area contributed by atoms with Crippen LogP contribution in [-0.2, 0) is 11.3 Å². The zero-order chi connectivity index (χ0) is 13.7. The number of hydrogen-bond acceptors (Lipinski definition) is 4. The van der Waals surface area contributed by atoms with E-state index < -0.39 is 0 Å². The Morgan fingerprint density at radius 2 is 2.16 bits per heavy atom. The van der Waals surface area contributed by atoms with Crippen molar-refractivity contribution in [2.75, 3.05) is 19.6 Å². The fourth-order valence-electron chi connectivity index (χ4n) is 2.44. The van der Waals surface area contributed by atoms with E-state index in [9.17, 15) is 9.90 Å². The smallest absolute Gasteiger partial charge is 0.231 e. The normalized spacial score (nSPS) is 17.5. The second kappa shape index (κ2) is 6.54. The number of rotatable bonds is 5. The van der Waals surface area contributed by atoms with Crippen molar-refractivity contribution in [3.8, 4) is 5.75 Å². The first-order valence-electron chi connectivity index (χ1n) is 6.65. The van der Waals surface area contributed by atoms with E-state index in [-0.39, 0.29) is 5.91 Å². The van der Waals surface area contributed by atoms with Crippen LogP contribution < -0.4 is 11.1 Å². The van der Waals surface area contributed by atoms with Crippen LogP contribution >= 0.6 is 0 Å². The van der Waals surface area contributed by atoms with Crippen LogP contribution in [0.5, 0.6) is 5.75 Å². The van der Waals surface area contributed by atoms with Gasteiger partial charge in [-0.3, -0.25) is 9.69 Å². The summed E-state index contributed by atoms with van der Waals surface area (Å²) in [5.74, 6) is 0.0433. The maximum absolute atomic E-state index is 10.8. The van der Waals surface area contributed by atoms with Crippen molar-refractivity contribution in [1.82, 2.24) is 10.2 Å². The highest BCUT2D eigenvalue weighted by molar-refractivity contribution is 5.75. The lowest BCUT2D eigenvalue weighted by atomic mass is 10.0. The van der Waals surface area contributed by atoms with E-state index in [0.717, 1.165) is 38.0 Å². The van der Waals surface area contributed by atoms with E-state index in [4.69, 9.17) is 5.73 Å². The van der Waals surface area contributed by atoms with Crippen molar-refractivity contribution in [2.24, 2.45) is 5.73 Å². The molecule has 4 N–H and O–H groups in total. The molecule has 1 saturated heterocycles. The highest BCUT2D eigenvalue weighted by Gasteiger charge is 2.19. The van der Waals surface area contributed by atoms with Crippen LogP contribution in [0.25, 0.3) is 0 Å². The number of carbonyl (C=O) groups is 1. The van der Waals surface area contributed by atoms with Crippen molar-refractivity contribution in [3.05, 3.63) is 29.8 Å². The molecule has 0 unspecified atom stereocenters. The monoisotopic (exact) mass is 263 g/mol. The second-order valence-electron chi connectivity index (χ2n) is 5.07. The number of carbonyl (C=O) groups excluding carboxylic acids is 1. The van der Waals surface area contributed by atoms with Gasteiger partial charge in [0.25, 0.3) is 0 Å². The number of hydrogen-bond donors (Lipinski definition) is 3. The number of amides is 1. The van der Waals surface area contributed by atoms with E-state index in [2.05, 4.69) is 10.2 Å². The number of primary amides is 1. The molecular weight excluding hydrogens is 242 g/mol. The number of nitrogens with zero attached hydrogens (tertiary/aromatic N) is 1. The molecule has 1 aliphatic rings. The Balaban J connectivity index is 1.72. The molecule has 0 bridgehead atoms. The largest absolute Gasteiger partial charge is 0.508 e. The molecule has 0 spiro atoms. The lowest BCUT2D eigenvalue weighted by Crippen LogP contribution is -2.45. The van der Waals surface area contributed by atoms with Gasteiger partial charge in [0.05, 0.1) is 6.54 Å². The molecule has 0 atom stereocenters. The van der Waals surface area contributed by atoms with Crippen molar-refractivity contribution < 1.29 is 9.90 Å². The quantitative estimate of drug-likeness (QED) is 0.720. The molecule has 5 heteroatoms. The van der Waals surface area contributed by atoms with Gasteiger partial charge in [-0.1, -0.05) is 12.1 Å². The molecule has 19 heavy (non-hydrogen) atoms. The van der Waals surface area contributed by atoms with Gasteiger partial charge in [-0.2, -0.15) is 0 Å². The number of benzene rings is 1. The van der Waals surface area contributed by atoms with Crippen molar-refractivity contribution in [1.29, 1.82) is 0 Å². The Kier molecular flexibility index (Phi) is 4.76. The van der Waals surface area contributed by atoms with Gasteiger partial charge in [0.15, 0.2) is 0 Å². The Bertz CT molecular complexity index is 428. The Labute approximate surface area is 113 Å². The molecule has 0 saturated carbocycles. The molecular formula is C14H21N3O2. The summed E-state index contributed by atoms with van der Waals surface area (Å²) in [4.78, 5) is 12.9. The average Bonchev–Trinajstić information content (AvgIpc) is 2.37. The van der Waals surface area contributed by atoms with Gasteiger partial charge >= 0.3 is 0 Å². The van der Waals surface area contributed by atoms with Crippen molar-refractivity contribution in [2.45, 2.75) is 25.4 Å². The number of nitrogens with two attached hydrogens (primary N) is 1. The van der Waals surface area contributed by atoms with Crippen LogP contribution in [-0.4, -0.2) is 41.6 Å². The lowest BCUT2D eigenvalue weighted by Gasteiger charge is -2.31. The first-order chi connectivity index (χ1) is 9.13.